The van der Waals surface area contributed by atoms with Gasteiger partial charge >= 0.3 is 6.18 Å². The third-order valence-electron chi connectivity index (χ3n) is 2.89. The van der Waals surface area contributed by atoms with Crippen molar-refractivity contribution in [2.24, 2.45) is 0 Å². The molecule has 0 aliphatic carbocycles. The first-order chi connectivity index (χ1) is 9.79. The van der Waals surface area contributed by atoms with E-state index in [2.05, 4.69) is 4.98 Å². The number of nitrogens with zero attached hydrogens (tertiary/aromatic N) is 1. The van der Waals surface area contributed by atoms with Gasteiger partial charge < -0.3 is 4.42 Å². The summed E-state index contributed by atoms with van der Waals surface area (Å²) in [6, 6.07) is 4.34. The van der Waals surface area contributed by atoms with Crippen LogP contribution in [-0.2, 0) is 4.79 Å². The molecule has 110 valence electrons. The molecule has 0 unspecified atom stereocenters. The number of hydrogen-bond donors (Lipinski definition) is 0. The Balaban J connectivity index is 2.21. The number of carbonyl (C=O) groups is 2. The average molecular weight is 297 g/mol. The lowest BCUT2D eigenvalue weighted by Gasteiger charge is -2.07. The van der Waals surface area contributed by atoms with Crippen molar-refractivity contribution in [1.82, 2.24) is 4.98 Å². The molecule has 4 nitrogen and oxygen atoms in total. The van der Waals surface area contributed by atoms with Crippen LogP contribution in [0.15, 0.2) is 35.3 Å². The Kier molecular flexibility index (Phi) is 3.93. The Labute approximate surface area is 117 Å². The van der Waals surface area contributed by atoms with Crippen LogP contribution in [0.3, 0.4) is 0 Å². The van der Waals surface area contributed by atoms with Crippen molar-refractivity contribution in [1.29, 1.82) is 0 Å². The van der Waals surface area contributed by atoms with Crippen LogP contribution < -0.4 is 0 Å². The Morgan fingerprint density at radius 2 is 2.00 bits per heavy atom. The summed E-state index contributed by atoms with van der Waals surface area (Å²) >= 11 is 0. The van der Waals surface area contributed by atoms with Crippen LogP contribution in [0.25, 0.3) is 11.3 Å². The second kappa shape index (κ2) is 5.51. The molecule has 0 N–H and O–H groups in total. The highest BCUT2D eigenvalue weighted by molar-refractivity contribution is 6.09. The summed E-state index contributed by atoms with van der Waals surface area (Å²) in [7, 11) is 0. The molecule has 0 atom stereocenters. The van der Waals surface area contributed by atoms with Gasteiger partial charge in [0, 0.05) is 11.1 Å². The Hall–Kier alpha value is -2.44. The number of rotatable bonds is 4. The molecule has 2 aromatic rings. The molecular weight excluding hydrogens is 287 g/mol. The number of ketones is 2. The molecule has 1 aromatic heterocycles. The normalized spacial score (nSPS) is 11.4. The zero-order valence-electron chi connectivity index (χ0n) is 10.9. The third-order valence-corrected chi connectivity index (χ3v) is 2.89. The summed E-state index contributed by atoms with van der Waals surface area (Å²) in [4.78, 5) is 26.5. The first-order valence-corrected chi connectivity index (χ1v) is 5.91. The van der Waals surface area contributed by atoms with Gasteiger partial charge in [-0.05, 0) is 18.6 Å². The molecule has 2 rings (SSSR count). The number of aryl methyl sites for hydroxylation is 1. The largest absolute Gasteiger partial charge is 0.451 e. The maximum atomic E-state index is 12.1. The molecular formula is C14H10F3NO3. The van der Waals surface area contributed by atoms with Gasteiger partial charge in [0.1, 0.15) is 12.0 Å². The van der Waals surface area contributed by atoms with E-state index in [1.807, 2.05) is 0 Å². The van der Waals surface area contributed by atoms with E-state index >= 15 is 0 Å². The molecule has 0 saturated heterocycles. The van der Waals surface area contributed by atoms with Gasteiger partial charge in [-0.1, -0.05) is 12.1 Å². The molecule has 0 radical (unpaired) electrons. The van der Waals surface area contributed by atoms with E-state index in [0.29, 0.717) is 16.8 Å². The fourth-order valence-electron chi connectivity index (χ4n) is 1.82. The van der Waals surface area contributed by atoms with Gasteiger partial charge in [0.2, 0.25) is 5.78 Å². The molecule has 1 heterocycles. The lowest BCUT2D eigenvalue weighted by atomic mass is 9.99. The number of carbonyl (C=O) groups excluding carboxylic acids is 2. The molecule has 0 bridgehead atoms. The van der Waals surface area contributed by atoms with Gasteiger partial charge in [0.15, 0.2) is 12.2 Å². The molecule has 0 aliphatic rings. The number of aromatic nitrogens is 1. The quantitative estimate of drug-likeness (QED) is 0.641. The highest BCUT2D eigenvalue weighted by Gasteiger charge is 2.39. The number of hydrogen-bond acceptors (Lipinski definition) is 4. The number of halogens is 3. The van der Waals surface area contributed by atoms with Gasteiger partial charge in [0.25, 0.3) is 0 Å². The minimum atomic E-state index is -4.99. The molecule has 7 heteroatoms. The van der Waals surface area contributed by atoms with Crippen LogP contribution in [0.2, 0.25) is 0 Å². The lowest BCUT2D eigenvalue weighted by molar-refractivity contribution is -0.170. The van der Waals surface area contributed by atoms with Crippen LogP contribution in [0.1, 0.15) is 22.3 Å². The fourth-order valence-corrected chi connectivity index (χ4v) is 1.82. The monoisotopic (exact) mass is 297 g/mol. The van der Waals surface area contributed by atoms with Crippen molar-refractivity contribution in [3.63, 3.8) is 0 Å². The molecule has 1 aromatic carbocycles. The summed E-state index contributed by atoms with van der Waals surface area (Å²) in [6.07, 6.45) is -3.52. The number of oxazole rings is 1. The summed E-state index contributed by atoms with van der Waals surface area (Å²) < 4.78 is 41.2. The predicted octanol–water partition coefficient (Wildman–Crippen LogP) is 3.35. The number of alkyl halides is 3. The van der Waals surface area contributed by atoms with Crippen molar-refractivity contribution in [2.75, 3.05) is 0 Å². The van der Waals surface area contributed by atoms with Gasteiger partial charge in [0.05, 0.1) is 6.42 Å². The zero-order chi connectivity index (χ0) is 15.6. The highest BCUT2D eigenvalue weighted by atomic mass is 19.4. The molecule has 0 saturated carbocycles. The molecule has 0 amide bonds. The van der Waals surface area contributed by atoms with E-state index in [4.69, 9.17) is 4.42 Å². The minimum absolute atomic E-state index is 0.0531. The van der Waals surface area contributed by atoms with Crippen LogP contribution >= 0.6 is 0 Å². The zero-order valence-corrected chi connectivity index (χ0v) is 10.9. The van der Waals surface area contributed by atoms with Crippen LogP contribution in [0.4, 0.5) is 13.2 Å². The van der Waals surface area contributed by atoms with Crippen LogP contribution in [0, 0.1) is 6.92 Å². The number of Topliss-reactive ketones (excluding diaryl/α,β-unsaturated/α-hetero) is 2. The van der Waals surface area contributed by atoms with Gasteiger partial charge in [-0.25, -0.2) is 4.98 Å². The predicted molar refractivity (Wildman–Crippen MR) is 66.7 cm³/mol. The van der Waals surface area contributed by atoms with Crippen LogP contribution in [0.5, 0.6) is 0 Å². The second-order valence-corrected chi connectivity index (χ2v) is 4.42. The van der Waals surface area contributed by atoms with Crippen molar-refractivity contribution in [2.45, 2.75) is 19.5 Å². The van der Waals surface area contributed by atoms with Gasteiger partial charge in [-0.3, -0.25) is 9.59 Å². The van der Waals surface area contributed by atoms with E-state index in [0.717, 1.165) is 0 Å². The van der Waals surface area contributed by atoms with Crippen molar-refractivity contribution >= 4 is 11.6 Å². The third kappa shape index (κ3) is 3.36. The van der Waals surface area contributed by atoms with Gasteiger partial charge in [-0.15, -0.1) is 0 Å². The Morgan fingerprint density at radius 3 is 2.52 bits per heavy atom. The smallest absolute Gasteiger partial charge is 0.450 e. The summed E-state index contributed by atoms with van der Waals surface area (Å²) in [5, 5.41) is 0. The Bertz CT molecular complexity index is 675. The standard InChI is InChI=1S/C14H10F3NO3/c1-8-4-9(12(19)5-13(20)14(15,16)17)2-3-10(8)11-6-21-7-18-11/h2-4,6-7H,5H2,1H3. The first-order valence-electron chi connectivity index (χ1n) is 5.91. The van der Waals surface area contributed by atoms with Gasteiger partial charge in [-0.2, -0.15) is 13.2 Å². The SMILES string of the molecule is Cc1cc(C(=O)CC(=O)C(F)(F)F)ccc1-c1cocn1. The number of benzene rings is 1. The lowest BCUT2D eigenvalue weighted by Crippen LogP contribution is -2.25. The van der Waals surface area contributed by atoms with E-state index in [1.165, 1.54) is 24.8 Å². The minimum Gasteiger partial charge on any atom is -0.451 e. The topological polar surface area (TPSA) is 60.2 Å². The molecule has 0 spiro atoms. The summed E-state index contributed by atoms with van der Waals surface area (Å²) in [6.45, 7) is 1.69. The first kappa shape index (κ1) is 15.0. The van der Waals surface area contributed by atoms with E-state index in [-0.39, 0.29) is 5.56 Å². The van der Waals surface area contributed by atoms with E-state index in [1.54, 1.807) is 13.0 Å². The van der Waals surface area contributed by atoms with E-state index < -0.39 is 24.2 Å². The second-order valence-electron chi connectivity index (χ2n) is 4.42. The van der Waals surface area contributed by atoms with Crippen molar-refractivity contribution < 1.29 is 27.2 Å². The Morgan fingerprint density at radius 1 is 1.29 bits per heavy atom. The van der Waals surface area contributed by atoms with E-state index in [9.17, 15) is 22.8 Å². The van der Waals surface area contributed by atoms with Crippen molar-refractivity contribution in [3.8, 4) is 11.3 Å². The maximum Gasteiger partial charge on any atom is 0.450 e. The van der Waals surface area contributed by atoms with Crippen molar-refractivity contribution in [3.05, 3.63) is 42.0 Å². The summed E-state index contributed by atoms with van der Waals surface area (Å²) in [5.74, 6) is -2.92. The highest BCUT2D eigenvalue weighted by Crippen LogP contribution is 2.24. The molecule has 0 aliphatic heterocycles. The molecule has 21 heavy (non-hydrogen) atoms. The molecule has 0 fully saturated rings. The fraction of sp³-hybridized carbons (Fsp3) is 0.214. The average Bonchev–Trinajstić information content (AvgIpc) is 2.91. The van der Waals surface area contributed by atoms with Crippen LogP contribution in [-0.4, -0.2) is 22.7 Å². The maximum absolute atomic E-state index is 12.1. The summed E-state index contributed by atoms with van der Waals surface area (Å²) in [5.41, 5.74) is 1.95.